The molecule has 3 aromatic heterocycles. The summed E-state index contributed by atoms with van der Waals surface area (Å²) in [6.07, 6.45) is 7.99. The van der Waals surface area contributed by atoms with E-state index in [1.165, 1.54) is 0 Å². The molecule has 0 unspecified atom stereocenters. The third kappa shape index (κ3) is 7.50. The number of hydrogen-bond donors (Lipinski definition) is 4. The molecule has 10 rings (SSSR count). The number of carbonyl (C=O) groups excluding carboxylic acids is 2. The highest BCUT2D eigenvalue weighted by atomic mass is 16.5. The highest BCUT2D eigenvalue weighted by Gasteiger charge is 2.34. The molecule has 2 saturated heterocycles. The van der Waals surface area contributed by atoms with Crippen LogP contribution in [0.4, 0.5) is 22.7 Å². The van der Waals surface area contributed by atoms with Crippen LogP contribution in [0.2, 0.25) is 0 Å². The van der Waals surface area contributed by atoms with E-state index in [-0.39, 0.29) is 23.0 Å². The molecule has 4 aliphatic heterocycles. The van der Waals surface area contributed by atoms with Gasteiger partial charge in [-0.3, -0.25) is 14.6 Å². The van der Waals surface area contributed by atoms with Crippen molar-refractivity contribution in [2.45, 2.75) is 51.7 Å². The normalized spacial score (nSPS) is 17.8. The van der Waals surface area contributed by atoms with Crippen molar-refractivity contribution < 1.29 is 28.5 Å². The van der Waals surface area contributed by atoms with E-state index in [1.807, 2.05) is 24.3 Å². The molecular formula is C43H47N9O6. The minimum Gasteiger partial charge on any atom is -0.487 e. The number of nitrogens with one attached hydrogen (secondary N) is 4. The van der Waals surface area contributed by atoms with Crippen molar-refractivity contribution in [3.8, 4) is 11.5 Å². The summed E-state index contributed by atoms with van der Waals surface area (Å²) < 4.78 is 23.3. The number of fused-ring (bicyclic) bond motifs is 4. The summed E-state index contributed by atoms with van der Waals surface area (Å²) in [5.74, 6) is 1.37. The fourth-order valence-electron chi connectivity index (χ4n) is 8.17. The van der Waals surface area contributed by atoms with Crippen molar-refractivity contribution in [2.24, 2.45) is 0 Å². The summed E-state index contributed by atoms with van der Waals surface area (Å²) in [5.41, 5.74) is 9.03. The smallest absolute Gasteiger partial charge is 0.259 e. The number of aromatic nitrogens is 5. The molecule has 0 atom stereocenters. The van der Waals surface area contributed by atoms with Crippen LogP contribution >= 0.6 is 0 Å². The number of hydrogen-bond acceptors (Lipinski definition) is 11. The maximum absolute atomic E-state index is 13.1. The first-order chi connectivity index (χ1) is 28.0. The number of amides is 2. The van der Waals surface area contributed by atoms with E-state index in [9.17, 15) is 9.59 Å². The molecule has 15 nitrogen and oxygen atoms in total. The molecule has 15 heteroatoms. The zero-order valence-electron chi connectivity index (χ0n) is 33.1. The van der Waals surface area contributed by atoms with Gasteiger partial charge in [-0.15, -0.1) is 0 Å². The lowest BCUT2D eigenvalue weighted by atomic mass is 10.0. The molecule has 2 amide bonds. The third-order valence-electron chi connectivity index (χ3n) is 10.8. The Labute approximate surface area is 335 Å². The standard InChI is InChI=1S/C22H24N4O3.C21H23N5O3/c1-22(2)12-14-10-17(18(11-19(14)29-22)26-6-8-28-9-7-26)25-21(27)15-4-3-5-16-20(15)24-13-23-16;1-21(2)9-13-7-15(17(8-18(13)29-21)26-3-5-28-6-4-26)25-20(27)14-10-22-11-16-19(14)24-12-23-16/h3-5,10-11,13H,6-9,12H2,1-2H3,(H,23,24)(H,25,27);7-8,10-12H,3-6,9H2,1-2H3,(H,23,24)(H,25,27). The maximum Gasteiger partial charge on any atom is 0.259 e. The summed E-state index contributed by atoms with van der Waals surface area (Å²) in [7, 11) is 0. The van der Waals surface area contributed by atoms with Crippen LogP contribution in [0.1, 0.15) is 59.5 Å². The zero-order chi connectivity index (χ0) is 40.0. The molecule has 4 N–H and O–H groups in total. The molecule has 0 radical (unpaired) electrons. The van der Waals surface area contributed by atoms with Crippen LogP contribution in [-0.4, -0.2) is 101 Å². The first kappa shape index (κ1) is 37.4. The minimum absolute atomic E-state index is 0.171. The van der Waals surface area contributed by atoms with Crippen LogP contribution < -0.4 is 29.9 Å². The molecule has 0 saturated carbocycles. The summed E-state index contributed by atoms with van der Waals surface area (Å²) in [6, 6.07) is 13.7. The predicted octanol–water partition coefficient (Wildman–Crippen LogP) is 6.13. The second kappa shape index (κ2) is 15.0. The largest absolute Gasteiger partial charge is 0.487 e. The van der Waals surface area contributed by atoms with Gasteiger partial charge in [-0.2, -0.15) is 0 Å². The number of ether oxygens (including phenoxy) is 4. The molecule has 4 aliphatic rings. The third-order valence-corrected chi connectivity index (χ3v) is 10.8. The van der Waals surface area contributed by atoms with Crippen molar-refractivity contribution in [1.82, 2.24) is 24.9 Å². The maximum atomic E-state index is 13.1. The number of aromatic amines is 2. The fraction of sp³-hybridized carbons (Fsp3) is 0.372. The van der Waals surface area contributed by atoms with Gasteiger partial charge in [0.05, 0.1) is 90.2 Å². The number of imidazole rings is 2. The second-order valence-electron chi connectivity index (χ2n) is 16.2. The molecule has 58 heavy (non-hydrogen) atoms. The summed E-state index contributed by atoms with van der Waals surface area (Å²) in [5, 5.41) is 6.22. The van der Waals surface area contributed by atoms with Gasteiger partial charge in [0.25, 0.3) is 11.8 Å². The molecule has 0 aliphatic carbocycles. The molecule has 6 aromatic rings. The molecule has 300 valence electrons. The monoisotopic (exact) mass is 785 g/mol. The first-order valence-corrected chi connectivity index (χ1v) is 19.7. The second-order valence-corrected chi connectivity index (χ2v) is 16.2. The van der Waals surface area contributed by atoms with Crippen molar-refractivity contribution >= 4 is 56.6 Å². The van der Waals surface area contributed by atoms with Crippen LogP contribution in [-0.2, 0) is 22.3 Å². The van der Waals surface area contributed by atoms with Gasteiger partial charge in [-0.25, -0.2) is 9.97 Å². The highest BCUT2D eigenvalue weighted by molar-refractivity contribution is 6.13. The van der Waals surface area contributed by atoms with E-state index in [0.29, 0.717) is 48.6 Å². The van der Waals surface area contributed by atoms with E-state index >= 15 is 0 Å². The number of para-hydroxylation sites is 1. The molecule has 0 spiro atoms. The van der Waals surface area contributed by atoms with E-state index < -0.39 is 0 Å². The minimum atomic E-state index is -0.252. The van der Waals surface area contributed by atoms with Crippen LogP contribution in [0.25, 0.3) is 22.1 Å². The number of morpholine rings is 2. The van der Waals surface area contributed by atoms with Crippen LogP contribution in [0.3, 0.4) is 0 Å². The Balaban J connectivity index is 0.000000150. The quantitative estimate of drug-likeness (QED) is 0.153. The van der Waals surface area contributed by atoms with Crippen LogP contribution in [0.15, 0.2) is 67.5 Å². The van der Waals surface area contributed by atoms with Gasteiger partial charge in [-0.05, 0) is 52.0 Å². The molecule has 2 fully saturated rings. The topological polar surface area (TPSA) is 172 Å². The lowest BCUT2D eigenvalue weighted by Crippen LogP contribution is -2.36. The van der Waals surface area contributed by atoms with E-state index in [1.54, 1.807) is 31.1 Å². The number of H-pyrrole nitrogens is 2. The van der Waals surface area contributed by atoms with Gasteiger partial charge in [0.15, 0.2) is 0 Å². The van der Waals surface area contributed by atoms with Crippen molar-refractivity contribution in [2.75, 3.05) is 73.0 Å². The Bertz CT molecular complexity index is 2340. The van der Waals surface area contributed by atoms with Gasteiger partial charge < -0.3 is 49.3 Å². The Morgan fingerprint density at radius 2 is 1.16 bits per heavy atom. The zero-order valence-corrected chi connectivity index (χ0v) is 33.1. The molecule has 7 heterocycles. The average molecular weight is 786 g/mol. The molecule has 0 bridgehead atoms. The van der Waals surface area contributed by atoms with Crippen molar-refractivity contribution in [3.63, 3.8) is 0 Å². The number of nitrogens with zero attached hydrogens (tertiary/aromatic N) is 5. The van der Waals surface area contributed by atoms with Crippen LogP contribution in [0, 0.1) is 0 Å². The Hall–Kier alpha value is -6.19. The summed E-state index contributed by atoms with van der Waals surface area (Å²) in [6.45, 7) is 14.1. The molecule has 3 aromatic carbocycles. The van der Waals surface area contributed by atoms with E-state index in [0.717, 1.165) is 95.4 Å². The Morgan fingerprint density at radius 3 is 1.71 bits per heavy atom. The van der Waals surface area contributed by atoms with E-state index in [2.05, 4.69) is 85.2 Å². The van der Waals surface area contributed by atoms with E-state index in [4.69, 9.17) is 18.9 Å². The van der Waals surface area contributed by atoms with Gasteiger partial charge in [0.2, 0.25) is 0 Å². The highest BCUT2D eigenvalue weighted by Crippen LogP contribution is 2.43. The first-order valence-electron chi connectivity index (χ1n) is 19.7. The summed E-state index contributed by atoms with van der Waals surface area (Å²) in [4.78, 5) is 49.5. The van der Waals surface area contributed by atoms with Crippen LogP contribution in [0.5, 0.6) is 11.5 Å². The van der Waals surface area contributed by atoms with Crippen molar-refractivity contribution in [1.29, 1.82) is 0 Å². The van der Waals surface area contributed by atoms with Gasteiger partial charge in [0.1, 0.15) is 33.7 Å². The number of benzene rings is 3. The van der Waals surface area contributed by atoms with Crippen molar-refractivity contribution in [3.05, 3.63) is 89.8 Å². The number of carbonyl (C=O) groups is 2. The summed E-state index contributed by atoms with van der Waals surface area (Å²) >= 11 is 0. The lowest BCUT2D eigenvalue weighted by Gasteiger charge is -2.31. The Kier molecular flexibility index (Phi) is 9.64. The average Bonchev–Trinajstić information content (AvgIpc) is 4.01. The SMILES string of the molecule is CC1(C)Cc2cc(NC(=O)c3cccc4[nH]cnc34)c(N3CCOCC3)cc2O1.CC1(C)Cc2cc(NC(=O)c3cncc4[nH]cnc34)c(N3CCOCC3)cc2O1. The molecular weight excluding hydrogens is 739 g/mol. The number of anilines is 4. The fourth-order valence-corrected chi connectivity index (χ4v) is 8.17. The number of pyridine rings is 1. The lowest BCUT2D eigenvalue weighted by molar-refractivity contribution is 0.101. The number of rotatable bonds is 6. The van der Waals surface area contributed by atoms with Gasteiger partial charge >= 0.3 is 0 Å². The Morgan fingerprint density at radius 1 is 0.655 bits per heavy atom. The van der Waals surface area contributed by atoms with Gasteiger partial charge in [-0.1, -0.05) is 6.07 Å². The van der Waals surface area contributed by atoms with Gasteiger partial charge in [0, 0.05) is 68.5 Å². The predicted molar refractivity (Wildman–Crippen MR) is 222 cm³/mol.